The molecule has 0 amide bonds. The molecule has 0 spiro atoms. The molecule has 1 heterocycles. The van der Waals surface area contributed by atoms with Gasteiger partial charge in [-0.1, -0.05) is 5.21 Å². The Balaban J connectivity index is 2.24. The number of rotatable bonds is 8. The van der Waals surface area contributed by atoms with Crippen molar-refractivity contribution in [2.45, 2.75) is 13.0 Å². The van der Waals surface area contributed by atoms with E-state index in [-0.39, 0.29) is 5.69 Å². The summed E-state index contributed by atoms with van der Waals surface area (Å²) in [6, 6.07) is 0. The first-order chi connectivity index (χ1) is 8.49. The van der Waals surface area contributed by atoms with Crippen molar-refractivity contribution in [1.82, 2.24) is 24.8 Å². The Morgan fingerprint density at radius 1 is 1.33 bits per heavy atom. The van der Waals surface area contributed by atoms with Crippen LogP contribution in [0.1, 0.15) is 16.9 Å². The number of hydrogen-bond donors (Lipinski definition) is 1. The second-order valence-electron chi connectivity index (χ2n) is 4.63. The van der Waals surface area contributed by atoms with Gasteiger partial charge in [0.25, 0.3) is 0 Å². The summed E-state index contributed by atoms with van der Waals surface area (Å²) in [6.07, 6.45) is 2.57. The van der Waals surface area contributed by atoms with E-state index in [1.54, 1.807) is 4.68 Å². The highest BCUT2D eigenvalue weighted by Gasteiger charge is 2.08. The molecule has 0 saturated carbocycles. The molecule has 0 bridgehead atoms. The minimum absolute atomic E-state index is 0.00902. The maximum absolute atomic E-state index is 10.6. The third-order valence-electron chi connectivity index (χ3n) is 2.61. The maximum atomic E-state index is 10.6. The van der Waals surface area contributed by atoms with E-state index < -0.39 is 5.97 Å². The van der Waals surface area contributed by atoms with E-state index in [9.17, 15) is 4.79 Å². The number of hydrogen-bond acceptors (Lipinski definition) is 5. The van der Waals surface area contributed by atoms with Crippen molar-refractivity contribution in [2.24, 2.45) is 0 Å². The van der Waals surface area contributed by atoms with Crippen LogP contribution in [0.5, 0.6) is 0 Å². The average molecular weight is 255 g/mol. The van der Waals surface area contributed by atoms with Gasteiger partial charge in [-0.05, 0) is 40.7 Å². The van der Waals surface area contributed by atoms with E-state index in [0.717, 1.165) is 26.1 Å². The lowest BCUT2D eigenvalue weighted by Gasteiger charge is -2.17. The fourth-order valence-electron chi connectivity index (χ4n) is 1.55. The van der Waals surface area contributed by atoms with Gasteiger partial charge in [0.05, 0.1) is 12.7 Å². The molecule has 7 nitrogen and oxygen atoms in total. The van der Waals surface area contributed by atoms with E-state index in [0.29, 0.717) is 6.54 Å². The third-order valence-corrected chi connectivity index (χ3v) is 2.61. The largest absolute Gasteiger partial charge is 0.476 e. The smallest absolute Gasteiger partial charge is 0.358 e. The highest BCUT2D eigenvalue weighted by Crippen LogP contribution is 1.95. The van der Waals surface area contributed by atoms with Crippen molar-refractivity contribution in [3.8, 4) is 0 Å². The molecule has 1 rings (SSSR count). The molecule has 0 aliphatic heterocycles. The van der Waals surface area contributed by atoms with Gasteiger partial charge in [-0.3, -0.25) is 4.68 Å². The summed E-state index contributed by atoms with van der Waals surface area (Å²) in [7, 11) is 6.16. The Labute approximate surface area is 107 Å². The Kier molecular flexibility index (Phi) is 5.73. The Bertz CT molecular complexity index is 377. The van der Waals surface area contributed by atoms with Crippen LogP contribution in [0.2, 0.25) is 0 Å². The Morgan fingerprint density at radius 3 is 2.61 bits per heavy atom. The topological polar surface area (TPSA) is 74.5 Å². The van der Waals surface area contributed by atoms with Gasteiger partial charge >= 0.3 is 5.97 Å². The fourth-order valence-corrected chi connectivity index (χ4v) is 1.55. The zero-order valence-corrected chi connectivity index (χ0v) is 11.2. The fraction of sp³-hybridized carbons (Fsp3) is 0.727. The van der Waals surface area contributed by atoms with Crippen molar-refractivity contribution in [3.63, 3.8) is 0 Å². The lowest BCUT2D eigenvalue weighted by atomic mass is 10.3. The van der Waals surface area contributed by atoms with Gasteiger partial charge in [0.15, 0.2) is 5.69 Å². The van der Waals surface area contributed by atoms with Crippen LogP contribution >= 0.6 is 0 Å². The van der Waals surface area contributed by atoms with Gasteiger partial charge in [-0.2, -0.15) is 0 Å². The van der Waals surface area contributed by atoms with Crippen LogP contribution in [0.25, 0.3) is 0 Å². The van der Waals surface area contributed by atoms with Gasteiger partial charge in [0.1, 0.15) is 0 Å². The lowest BCUT2D eigenvalue weighted by molar-refractivity contribution is 0.0690. The zero-order chi connectivity index (χ0) is 13.5. The summed E-state index contributed by atoms with van der Waals surface area (Å²) >= 11 is 0. The molecule has 0 saturated heterocycles. The highest BCUT2D eigenvalue weighted by atomic mass is 16.4. The second kappa shape index (κ2) is 7.07. The molecule has 7 heteroatoms. The molecular formula is C11H21N5O2. The van der Waals surface area contributed by atoms with Crippen molar-refractivity contribution in [2.75, 3.05) is 40.8 Å². The van der Waals surface area contributed by atoms with Crippen molar-refractivity contribution >= 4 is 5.97 Å². The first-order valence-corrected chi connectivity index (χ1v) is 5.95. The maximum Gasteiger partial charge on any atom is 0.358 e. The van der Waals surface area contributed by atoms with Crippen LogP contribution < -0.4 is 0 Å². The molecule has 102 valence electrons. The molecule has 1 N–H and O–H groups in total. The van der Waals surface area contributed by atoms with Gasteiger partial charge < -0.3 is 14.9 Å². The van der Waals surface area contributed by atoms with Crippen molar-refractivity contribution < 1.29 is 9.90 Å². The molecule has 0 unspecified atom stereocenters. The molecule has 0 aromatic carbocycles. The van der Waals surface area contributed by atoms with Crippen molar-refractivity contribution in [3.05, 3.63) is 11.9 Å². The van der Waals surface area contributed by atoms with Gasteiger partial charge in [-0.15, -0.1) is 5.10 Å². The minimum atomic E-state index is -1.04. The number of carbonyl (C=O) groups is 1. The molecule has 1 aromatic rings. The normalized spacial score (nSPS) is 11.4. The quantitative estimate of drug-likeness (QED) is 0.697. The van der Waals surface area contributed by atoms with E-state index in [1.165, 1.54) is 6.20 Å². The summed E-state index contributed by atoms with van der Waals surface area (Å²) in [5, 5.41) is 16.0. The average Bonchev–Trinajstić information content (AvgIpc) is 2.74. The third kappa shape index (κ3) is 5.24. The summed E-state index contributed by atoms with van der Waals surface area (Å²) in [6.45, 7) is 3.56. The van der Waals surface area contributed by atoms with E-state index in [4.69, 9.17) is 5.11 Å². The van der Waals surface area contributed by atoms with Crippen molar-refractivity contribution in [1.29, 1.82) is 0 Å². The van der Waals surface area contributed by atoms with Crippen LogP contribution in [-0.2, 0) is 6.54 Å². The van der Waals surface area contributed by atoms with Crippen LogP contribution in [0.3, 0.4) is 0 Å². The minimum Gasteiger partial charge on any atom is -0.476 e. The molecule has 0 fully saturated rings. The summed E-state index contributed by atoms with van der Waals surface area (Å²) in [4.78, 5) is 15.0. The SMILES string of the molecule is CN(C)CCCN(C)CCn1cc(C(=O)O)nn1. The lowest BCUT2D eigenvalue weighted by Crippen LogP contribution is -2.27. The van der Waals surface area contributed by atoms with Gasteiger partial charge in [0, 0.05) is 6.54 Å². The molecule has 18 heavy (non-hydrogen) atoms. The van der Waals surface area contributed by atoms with Crippen LogP contribution in [-0.4, -0.2) is 76.6 Å². The standard InChI is InChI=1S/C11H21N5O2/c1-14(2)5-4-6-15(3)7-8-16-9-10(11(17)18)12-13-16/h9H,4-8H2,1-3H3,(H,17,18). The zero-order valence-electron chi connectivity index (χ0n) is 11.2. The molecule has 1 aromatic heterocycles. The van der Waals surface area contributed by atoms with Crippen LogP contribution in [0, 0.1) is 0 Å². The number of likely N-dealkylation sites (N-methyl/N-ethyl adjacent to an activating group) is 1. The first-order valence-electron chi connectivity index (χ1n) is 5.95. The summed E-state index contributed by atoms with van der Waals surface area (Å²) in [5.41, 5.74) is -0.00902. The Hall–Kier alpha value is -1.47. The summed E-state index contributed by atoms with van der Waals surface area (Å²) < 4.78 is 1.56. The molecule has 0 atom stereocenters. The molecule has 0 aliphatic carbocycles. The number of carboxylic acid groups (broad SMARTS) is 1. The molecule has 0 radical (unpaired) electrons. The second-order valence-corrected chi connectivity index (χ2v) is 4.63. The Morgan fingerprint density at radius 2 is 2.06 bits per heavy atom. The predicted octanol–water partition coefficient (Wildman–Crippen LogP) is -0.140. The summed E-state index contributed by atoms with van der Waals surface area (Å²) in [5.74, 6) is -1.04. The monoisotopic (exact) mass is 255 g/mol. The number of aromatic carboxylic acids is 1. The molecule has 0 aliphatic rings. The van der Waals surface area contributed by atoms with E-state index >= 15 is 0 Å². The van der Waals surface area contributed by atoms with Gasteiger partial charge in [-0.25, -0.2) is 4.79 Å². The highest BCUT2D eigenvalue weighted by molar-refractivity contribution is 5.84. The molecular weight excluding hydrogens is 234 g/mol. The number of nitrogens with zero attached hydrogens (tertiary/aromatic N) is 5. The van der Waals surface area contributed by atoms with E-state index in [1.807, 2.05) is 7.05 Å². The van der Waals surface area contributed by atoms with E-state index in [2.05, 4.69) is 34.2 Å². The first kappa shape index (κ1) is 14.6. The number of carboxylic acids is 1. The van der Waals surface area contributed by atoms with Gasteiger partial charge in [0.2, 0.25) is 0 Å². The predicted molar refractivity (Wildman–Crippen MR) is 67.6 cm³/mol. The van der Waals surface area contributed by atoms with Crippen LogP contribution in [0.15, 0.2) is 6.20 Å². The number of aromatic nitrogens is 3. The van der Waals surface area contributed by atoms with Crippen LogP contribution in [0.4, 0.5) is 0 Å².